The molecular weight excluding hydrogens is 302 g/mol. The van der Waals surface area contributed by atoms with Crippen molar-refractivity contribution in [2.24, 2.45) is 0 Å². The molecule has 2 rings (SSSR count). The van der Waals surface area contributed by atoms with Crippen LogP contribution in [0.25, 0.3) is 11.1 Å². The first-order valence-electron chi connectivity index (χ1n) is 8.27. The molecule has 2 aromatic carbocycles. The van der Waals surface area contributed by atoms with Crippen LogP contribution >= 0.6 is 0 Å². The highest BCUT2D eigenvalue weighted by molar-refractivity contribution is 5.75. The average Bonchev–Trinajstić information content (AvgIpc) is 2.62. The molecular formula is C20H25NO3. The monoisotopic (exact) mass is 327 g/mol. The molecule has 2 N–H and O–H groups in total. The summed E-state index contributed by atoms with van der Waals surface area (Å²) >= 11 is 0. The van der Waals surface area contributed by atoms with Gasteiger partial charge in [0.25, 0.3) is 0 Å². The fourth-order valence-corrected chi connectivity index (χ4v) is 2.52. The van der Waals surface area contributed by atoms with Gasteiger partial charge in [0.2, 0.25) is 5.91 Å². The Labute approximate surface area is 143 Å². The van der Waals surface area contributed by atoms with Crippen molar-refractivity contribution < 1.29 is 14.6 Å². The van der Waals surface area contributed by atoms with Crippen molar-refractivity contribution in [1.82, 2.24) is 5.32 Å². The van der Waals surface area contributed by atoms with Gasteiger partial charge in [-0.3, -0.25) is 4.79 Å². The first-order valence-corrected chi connectivity index (χ1v) is 8.27. The molecule has 0 radical (unpaired) electrons. The third kappa shape index (κ3) is 6.14. The molecule has 0 saturated carbocycles. The lowest BCUT2D eigenvalue weighted by Crippen LogP contribution is -2.34. The molecule has 1 unspecified atom stereocenters. The predicted molar refractivity (Wildman–Crippen MR) is 95.7 cm³/mol. The lowest BCUT2D eigenvalue weighted by atomic mass is 10.0. The minimum atomic E-state index is -0.649. The SMILES string of the molecule is COCC(O)CNC(=O)CCCc1ccc(-c2ccccc2)cc1. The van der Waals surface area contributed by atoms with Gasteiger partial charge in [0.05, 0.1) is 12.7 Å². The van der Waals surface area contributed by atoms with Crippen LogP contribution in [-0.2, 0) is 16.0 Å². The normalized spacial score (nSPS) is 11.9. The Morgan fingerprint density at radius 2 is 1.75 bits per heavy atom. The van der Waals surface area contributed by atoms with Crippen LogP contribution in [0.5, 0.6) is 0 Å². The maximum absolute atomic E-state index is 11.7. The largest absolute Gasteiger partial charge is 0.389 e. The number of hydrogen-bond donors (Lipinski definition) is 2. The highest BCUT2D eigenvalue weighted by Crippen LogP contribution is 2.19. The Hall–Kier alpha value is -2.17. The van der Waals surface area contributed by atoms with Crippen LogP contribution in [0, 0.1) is 0 Å². The van der Waals surface area contributed by atoms with Crippen LogP contribution in [0.1, 0.15) is 18.4 Å². The highest BCUT2D eigenvalue weighted by atomic mass is 16.5. The second kappa shape index (κ2) is 9.85. The van der Waals surface area contributed by atoms with Crippen LogP contribution < -0.4 is 5.32 Å². The summed E-state index contributed by atoms with van der Waals surface area (Å²) in [5.74, 6) is -0.0361. The number of hydrogen-bond acceptors (Lipinski definition) is 3. The van der Waals surface area contributed by atoms with E-state index in [0.29, 0.717) is 6.42 Å². The summed E-state index contributed by atoms with van der Waals surface area (Å²) in [6.07, 6.45) is 1.46. The van der Waals surface area contributed by atoms with Gasteiger partial charge in [-0.2, -0.15) is 0 Å². The van der Waals surface area contributed by atoms with E-state index in [9.17, 15) is 9.90 Å². The van der Waals surface area contributed by atoms with Gasteiger partial charge in [0.15, 0.2) is 0 Å². The van der Waals surface area contributed by atoms with Crippen molar-refractivity contribution in [1.29, 1.82) is 0 Å². The van der Waals surface area contributed by atoms with Gasteiger partial charge in [-0.25, -0.2) is 0 Å². The first kappa shape index (κ1) is 18.2. The Kier molecular flexibility index (Phi) is 7.46. The van der Waals surface area contributed by atoms with Crippen LogP contribution in [-0.4, -0.2) is 37.4 Å². The van der Waals surface area contributed by atoms with Gasteiger partial charge < -0.3 is 15.2 Å². The summed E-state index contributed by atoms with van der Waals surface area (Å²) in [6.45, 7) is 0.465. The maximum Gasteiger partial charge on any atom is 0.220 e. The number of aliphatic hydroxyl groups is 1. The van der Waals surface area contributed by atoms with Crippen molar-refractivity contribution in [3.05, 3.63) is 60.2 Å². The number of carbonyl (C=O) groups is 1. The van der Waals surface area contributed by atoms with E-state index < -0.39 is 6.10 Å². The summed E-state index contributed by atoms with van der Waals surface area (Å²) in [5.41, 5.74) is 3.63. The zero-order valence-electron chi connectivity index (χ0n) is 14.1. The number of carbonyl (C=O) groups excluding carboxylic acids is 1. The van der Waals surface area contributed by atoms with Gasteiger partial charge >= 0.3 is 0 Å². The second-order valence-corrected chi connectivity index (χ2v) is 5.83. The van der Waals surface area contributed by atoms with Gasteiger partial charge in [-0.05, 0) is 29.5 Å². The van der Waals surface area contributed by atoms with E-state index in [4.69, 9.17) is 4.74 Å². The fraction of sp³-hybridized carbons (Fsp3) is 0.350. The zero-order chi connectivity index (χ0) is 17.2. The summed E-state index contributed by atoms with van der Waals surface area (Å²) in [7, 11) is 1.52. The smallest absolute Gasteiger partial charge is 0.220 e. The number of nitrogens with one attached hydrogen (secondary N) is 1. The molecule has 0 aliphatic carbocycles. The molecule has 0 aromatic heterocycles. The predicted octanol–water partition coefficient (Wildman–Crippen LogP) is 2.80. The van der Waals surface area contributed by atoms with Crippen LogP contribution in [0.4, 0.5) is 0 Å². The van der Waals surface area contributed by atoms with Crippen LogP contribution in [0.3, 0.4) is 0 Å². The van der Waals surface area contributed by atoms with E-state index in [0.717, 1.165) is 12.8 Å². The Morgan fingerprint density at radius 3 is 2.42 bits per heavy atom. The lowest BCUT2D eigenvalue weighted by Gasteiger charge is -2.10. The summed E-state index contributed by atoms with van der Waals surface area (Å²) < 4.78 is 4.82. The number of amides is 1. The summed E-state index contributed by atoms with van der Waals surface area (Å²) in [5, 5.41) is 12.2. The van der Waals surface area contributed by atoms with E-state index in [2.05, 4.69) is 41.7 Å². The average molecular weight is 327 g/mol. The molecule has 24 heavy (non-hydrogen) atoms. The zero-order valence-corrected chi connectivity index (χ0v) is 14.1. The van der Waals surface area contributed by atoms with Crippen molar-refractivity contribution >= 4 is 5.91 Å². The van der Waals surface area contributed by atoms with Crippen molar-refractivity contribution in [2.75, 3.05) is 20.3 Å². The lowest BCUT2D eigenvalue weighted by molar-refractivity contribution is -0.121. The number of benzene rings is 2. The minimum Gasteiger partial charge on any atom is -0.389 e. The van der Waals surface area contributed by atoms with Crippen LogP contribution in [0.2, 0.25) is 0 Å². The van der Waals surface area contributed by atoms with Crippen LogP contribution in [0.15, 0.2) is 54.6 Å². The fourth-order valence-electron chi connectivity index (χ4n) is 2.52. The molecule has 128 valence electrons. The molecule has 0 aliphatic heterocycles. The number of ether oxygens (including phenoxy) is 1. The van der Waals surface area contributed by atoms with E-state index in [1.807, 2.05) is 18.2 Å². The summed E-state index contributed by atoms with van der Waals surface area (Å²) in [6, 6.07) is 18.7. The third-order valence-corrected chi connectivity index (χ3v) is 3.82. The maximum atomic E-state index is 11.7. The molecule has 0 spiro atoms. The quantitative estimate of drug-likeness (QED) is 0.744. The molecule has 4 heteroatoms. The van der Waals surface area contributed by atoms with Gasteiger partial charge in [0, 0.05) is 20.1 Å². The molecule has 2 aromatic rings. The van der Waals surface area contributed by atoms with E-state index in [1.54, 1.807) is 0 Å². The minimum absolute atomic E-state index is 0.0361. The second-order valence-electron chi connectivity index (χ2n) is 5.83. The standard InChI is InChI=1S/C20H25NO3/c1-24-15-19(22)14-21-20(23)9-5-6-16-10-12-18(13-11-16)17-7-3-2-4-8-17/h2-4,7-8,10-13,19,22H,5-6,9,14-15H2,1H3,(H,21,23). The van der Waals surface area contributed by atoms with Gasteiger partial charge in [0.1, 0.15) is 0 Å². The topological polar surface area (TPSA) is 58.6 Å². The first-order chi connectivity index (χ1) is 11.7. The molecule has 0 heterocycles. The number of aryl methyl sites for hydroxylation is 1. The highest BCUT2D eigenvalue weighted by Gasteiger charge is 2.06. The molecule has 0 bridgehead atoms. The molecule has 0 fully saturated rings. The van der Waals surface area contributed by atoms with E-state index >= 15 is 0 Å². The Morgan fingerprint density at radius 1 is 1.08 bits per heavy atom. The summed E-state index contributed by atoms with van der Waals surface area (Å²) in [4.78, 5) is 11.7. The van der Waals surface area contributed by atoms with E-state index in [1.165, 1.54) is 23.8 Å². The molecule has 4 nitrogen and oxygen atoms in total. The van der Waals surface area contributed by atoms with Crippen molar-refractivity contribution in [2.45, 2.75) is 25.4 Å². The number of aliphatic hydroxyl groups excluding tert-OH is 1. The molecule has 1 atom stereocenters. The Balaban J connectivity index is 1.72. The molecule has 1 amide bonds. The van der Waals surface area contributed by atoms with Gasteiger partial charge in [-0.1, -0.05) is 54.6 Å². The third-order valence-electron chi connectivity index (χ3n) is 3.82. The number of methoxy groups -OCH3 is 1. The molecule has 0 aliphatic rings. The van der Waals surface area contributed by atoms with Crippen molar-refractivity contribution in [3.63, 3.8) is 0 Å². The molecule has 0 saturated heterocycles. The van der Waals surface area contributed by atoms with Gasteiger partial charge in [-0.15, -0.1) is 0 Å². The Bertz CT molecular complexity index is 611. The van der Waals surface area contributed by atoms with Crippen molar-refractivity contribution in [3.8, 4) is 11.1 Å². The number of rotatable bonds is 9. The van der Waals surface area contributed by atoms with E-state index in [-0.39, 0.29) is 19.1 Å².